The van der Waals surface area contributed by atoms with Gasteiger partial charge in [-0.2, -0.15) is 0 Å². The third-order valence-corrected chi connectivity index (χ3v) is 3.85. The third kappa shape index (κ3) is 3.54. The first-order valence-corrected chi connectivity index (χ1v) is 7.52. The van der Waals surface area contributed by atoms with Crippen molar-refractivity contribution in [1.82, 2.24) is 19.6 Å². The van der Waals surface area contributed by atoms with Crippen molar-refractivity contribution in [1.29, 1.82) is 0 Å². The average Bonchev–Trinajstić information content (AvgIpc) is 2.96. The van der Waals surface area contributed by atoms with Crippen molar-refractivity contribution in [3.63, 3.8) is 0 Å². The fraction of sp³-hybridized carbons (Fsp3) is 0.538. The number of aromatic nitrogens is 2. The Morgan fingerprint density at radius 3 is 2.95 bits per heavy atom. The normalized spacial score (nSPS) is 11.1. The molecule has 0 aliphatic rings. The minimum Gasteiger partial charge on any atom is -0.343 e. The van der Waals surface area contributed by atoms with Gasteiger partial charge in [-0.25, -0.2) is 4.98 Å². The van der Waals surface area contributed by atoms with Crippen molar-refractivity contribution in [3.05, 3.63) is 23.5 Å². The van der Waals surface area contributed by atoms with E-state index in [1.54, 1.807) is 11.3 Å². The number of carbonyl (C=O) groups excluding carboxylic acids is 1. The number of hydrogen-bond acceptors (Lipinski definition) is 4. The van der Waals surface area contributed by atoms with E-state index in [1.165, 1.54) is 0 Å². The van der Waals surface area contributed by atoms with Crippen LogP contribution in [0.25, 0.3) is 4.96 Å². The van der Waals surface area contributed by atoms with Crippen LogP contribution in [-0.2, 0) is 11.3 Å². The molecule has 0 atom stereocenters. The fourth-order valence-corrected chi connectivity index (χ4v) is 2.73. The number of hydrogen-bond donors (Lipinski definition) is 1. The number of nitrogens with one attached hydrogen (secondary N) is 1. The SMILES string of the molecule is CCN(CC)C(=O)CCNCc1cn2ccsc2n1. The van der Waals surface area contributed by atoms with Gasteiger partial charge in [0.2, 0.25) is 5.91 Å². The summed E-state index contributed by atoms with van der Waals surface area (Å²) in [6, 6.07) is 0. The standard InChI is InChI=1S/C13H20N4OS/c1-3-16(4-2)12(18)5-6-14-9-11-10-17-7-8-19-13(17)15-11/h7-8,10,14H,3-6,9H2,1-2H3. The first-order valence-electron chi connectivity index (χ1n) is 6.64. The van der Waals surface area contributed by atoms with Crippen molar-refractivity contribution in [2.75, 3.05) is 19.6 Å². The first kappa shape index (κ1) is 14.0. The van der Waals surface area contributed by atoms with E-state index in [-0.39, 0.29) is 5.91 Å². The van der Waals surface area contributed by atoms with E-state index < -0.39 is 0 Å². The molecule has 1 amide bonds. The average molecular weight is 280 g/mol. The Balaban J connectivity index is 1.72. The molecule has 2 heterocycles. The fourth-order valence-electron chi connectivity index (χ4n) is 2.01. The van der Waals surface area contributed by atoms with Crippen molar-refractivity contribution >= 4 is 22.2 Å². The van der Waals surface area contributed by atoms with Gasteiger partial charge in [0.05, 0.1) is 5.69 Å². The smallest absolute Gasteiger partial charge is 0.223 e. The lowest BCUT2D eigenvalue weighted by Crippen LogP contribution is -2.32. The van der Waals surface area contributed by atoms with Gasteiger partial charge in [0, 0.05) is 50.4 Å². The second-order valence-corrected chi connectivity index (χ2v) is 5.19. The third-order valence-electron chi connectivity index (χ3n) is 3.08. The molecule has 0 saturated carbocycles. The number of fused-ring (bicyclic) bond motifs is 1. The summed E-state index contributed by atoms with van der Waals surface area (Å²) in [7, 11) is 0. The summed E-state index contributed by atoms with van der Waals surface area (Å²) < 4.78 is 2.02. The van der Waals surface area contributed by atoms with Gasteiger partial charge in [-0.1, -0.05) is 0 Å². The summed E-state index contributed by atoms with van der Waals surface area (Å²) in [6.45, 7) is 6.99. The maximum absolute atomic E-state index is 11.8. The predicted molar refractivity (Wildman–Crippen MR) is 77.3 cm³/mol. The Hall–Kier alpha value is -1.40. The molecule has 6 heteroatoms. The highest BCUT2D eigenvalue weighted by Crippen LogP contribution is 2.10. The molecule has 2 rings (SSSR count). The number of amides is 1. The van der Waals surface area contributed by atoms with Crippen LogP contribution in [0.2, 0.25) is 0 Å². The van der Waals surface area contributed by atoms with Crippen LogP contribution in [0.1, 0.15) is 26.0 Å². The number of carbonyl (C=O) groups is 1. The molecule has 0 radical (unpaired) electrons. The van der Waals surface area contributed by atoms with Gasteiger partial charge in [-0.15, -0.1) is 11.3 Å². The van der Waals surface area contributed by atoms with Crippen molar-refractivity contribution in [2.45, 2.75) is 26.8 Å². The topological polar surface area (TPSA) is 49.6 Å². The highest BCUT2D eigenvalue weighted by Gasteiger charge is 2.08. The van der Waals surface area contributed by atoms with Gasteiger partial charge in [-0.05, 0) is 13.8 Å². The van der Waals surface area contributed by atoms with Crippen LogP contribution < -0.4 is 5.32 Å². The molecule has 0 aromatic carbocycles. The Kier molecular flexibility index (Phi) is 4.93. The Bertz CT molecular complexity index is 501. The molecule has 2 aromatic rings. The minimum atomic E-state index is 0.211. The summed E-state index contributed by atoms with van der Waals surface area (Å²) in [5.74, 6) is 0.211. The van der Waals surface area contributed by atoms with Gasteiger partial charge >= 0.3 is 0 Å². The summed E-state index contributed by atoms with van der Waals surface area (Å²) in [4.78, 5) is 19.1. The van der Waals surface area contributed by atoms with E-state index in [2.05, 4.69) is 10.3 Å². The van der Waals surface area contributed by atoms with Gasteiger partial charge in [0.1, 0.15) is 0 Å². The molecule has 0 aliphatic heterocycles. The van der Waals surface area contributed by atoms with Crippen LogP contribution in [0.15, 0.2) is 17.8 Å². The maximum atomic E-state index is 11.8. The lowest BCUT2D eigenvalue weighted by molar-refractivity contribution is -0.130. The van der Waals surface area contributed by atoms with Crippen LogP contribution in [-0.4, -0.2) is 39.8 Å². The first-order chi connectivity index (χ1) is 9.24. The number of thiazole rings is 1. The van der Waals surface area contributed by atoms with Gasteiger partial charge < -0.3 is 10.2 Å². The molecule has 2 aromatic heterocycles. The van der Waals surface area contributed by atoms with Gasteiger partial charge in [0.25, 0.3) is 0 Å². The number of nitrogens with zero attached hydrogens (tertiary/aromatic N) is 3. The highest BCUT2D eigenvalue weighted by atomic mass is 32.1. The van der Waals surface area contributed by atoms with E-state index in [1.807, 2.05) is 40.9 Å². The molecule has 5 nitrogen and oxygen atoms in total. The molecule has 0 bridgehead atoms. The zero-order chi connectivity index (χ0) is 13.7. The molecular formula is C13H20N4OS. The van der Waals surface area contributed by atoms with E-state index in [9.17, 15) is 4.79 Å². The van der Waals surface area contributed by atoms with Gasteiger partial charge in [0.15, 0.2) is 4.96 Å². The molecule has 0 saturated heterocycles. The lowest BCUT2D eigenvalue weighted by Gasteiger charge is -2.18. The largest absolute Gasteiger partial charge is 0.343 e. The Morgan fingerprint density at radius 1 is 1.47 bits per heavy atom. The summed E-state index contributed by atoms with van der Waals surface area (Å²) in [5.41, 5.74) is 1.02. The molecule has 19 heavy (non-hydrogen) atoms. The van der Waals surface area contributed by atoms with Crippen LogP contribution in [0.3, 0.4) is 0 Å². The van der Waals surface area contributed by atoms with E-state index >= 15 is 0 Å². The number of rotatable bonds is 7. The van der Waals surface area contributed by atoms with E-state index in [4.69, 9.17) is 0 Å². The minimum absolute atomic E-state index is 0.211. The quantitative estimate of drug-likeness (QED) is 0.786. The van der Waals surface area contributed by atoms with E-state index in [0.29, 0.717) is 19.5 Å². The Labute approximate surface area is 117 Å². The zero-order valence-electron chi connectivity index (χ0n) is 11.4. The van der Waals surface area contributed by atoms with E-state index in [0.717, 1.165) is 23.7 Å². The summed E-state index contributed by atoms with van der Waals surface area (Å²) >= 11 is 1.63. The molecule has 0 spiro atoms. The molecule has 0 unspecified atom stereocenters. The van der Waals surface area contributed by atoms with Crippen LogP contribution >= 0.6 is 11.3 Å². The Morgan fingerprint density at radius 2 is 2.26 bits per heavy atom. The monoisotopic (exact) mass is 280 g/mol. The zero-order valence-corrected chi connectivity index (χ0v) is 12.2. The molecule has 0 aliphatic carbocycles. The highest BCUT2D eigenvalue weighted by molar-refractivity contribution is 7.15. The van der Waals surface area contributed by atoms with Crippen LogP contribution in [0.4, 0.5) is 0 Å². The lowest BCUT2D eigenvalue weighted by atomic mass is 10.3. The van der Waals surface area contributed by atoms with Crippen LogP contribution in [0, 0.1) is 0 Å². The van der Waals surface area contributed by atoms with Crippen molar-refractivity contribution < 1.29 is 4.79 Å². The van der Waals surface area contributed by atoms with Gasteiger partial charge in [-0.3, -0.25) is 9.20 Å². The summed E-state index contributed by atoms with van der Waals surface area (Å²) in [5, 5.41) is 5.28. The second kappa shape index (κ2) is 6.68. The van der Waals surface area contributed by atoms with Crippen molar-refractivity contribution in [2.24, 2.45) is 0 Å². The van der Waals surface area contributed by atoms with Crippen LogP contribution in [0.5, 0.6) is 0 Å². The second-order valence-electron chi connectivity index (χ2n) is 4.32. The molecule has 1 N–H and O–H groups in total. The van der Waals surface area contributed by atoms with Crippen molar-refractivity contribution in [3.8, 4) is 0 Å². The maximum Gasteiger partial charge on any atom is 0.223 e. The predicted octanol–water partition coefficient (Wildman–Crippen LogP) is 1.74. The summed E-state index contributed by atoms with van der Waals surface area (Å²) in [6.07, 6.45) is 4.56. The molecular weight excluding hydrogens is 260 g/mol. The molecule has 104 valence electrons. The number of imidazole rings is 1. The molecule has 0 fully saturated rings.